The van der Waals surface area contributed by atoms with Gasteiger partial charge in [0.2, 0.25) is 0 Å². The van der Waals surface area contributed by atoms with Crippen LogP contribution in [0.5, 0.6) is 0 Å². The highest BCUT2D eigenvalue weighted by Gasteiger charge is 2.15. The Labute approximate surface area is 116 Å². The lowest BCUT2D eigenvalue weighted by Crippen LogP contribution is -2.25. The molecule has 1 aromatic carbocycles. The molecular formula is C14H17FN2OS. The molecule has 0 saturated heterocycles. The van der Waals surface area contributed by atoms with Gasteiger partial charge < -0.3 is 10.4 Å². The monoisotopic (exact) mass is 280 g/mol. The van der Waals surface area contributed by atoms with E-state index in [2.05, 4.69) is 10.3 Å². The van der Waals surface area contributed by atoms with Crippen LogP contribution in [0.4, 0.5) is 4.39 Å². The summed E-state index contributed by atoms with van der Waals surface area (Å²) in [5, 5.41) is 14.1. The number of aliphatic hydroxyl groups is 1. The van der Waals surface area contributed by atoms with Gasteiger partial charge >= 0.3 is 0 Å². The quantitative estimate of drug-likeness (QED) is 0.885. The summed E-state index contributed by atoms with van der Waals surface area (Å²) in [6, 6.07) is 6.32. The van der Waals surface area contributed by atoms with Gasteiger partial charge in [0.25, 0.3) is 0 Å². The number of nitrogens with zero attached hydrogens (tertiary/aromatic N) is 1. The first-order valence-corrected chi connectivity index (χ1v) is 6.97. The topological polar surface area (TPSA) is 45.2 Å². The normalized spacial score (nSPS) is 14.3. The number of hydrogen-bond acceptors (Lipinski definition) is 4. The molecule has 2 atom stereocenters. The number of benzene rings is 1. The van der Waals surface area contributed by atoms with E-state index in [1.54, 1.807) is 29.5 Å². The number of thiazole rings is 1. The second kappa shape index (κ2) is 6.23. The van der Waals surface area contributed by atoms with E-state index in [-0.39, 0.29) is 11.9 Å². The van der Waals surface area contributed by atoms with Crippen LogP contribution in [0.25, 0.3) is 0 Å². The molecule has 1 aromatic heterocycles. The van der Waals surface area contributed by atoms with Gasteiger partial charge in [-0.3, -0.25) is 0 Å². The minimum Gasteiger partial charge on any atom is -0.387 e. The van der Waals surface area contributed by atoms with Gasteiger partial charge in [-0.2, -0.15) is 0 Å². The van der Waals surface area contributed by atoms with Crippen LogP contribution in [-0.2, 0) is 0 Å². The molecule has 0 spiro atoms. The molecular weight excluding hydrogens is 263 g/mol. The lowest BCUT2D eigenvalue weighted by Gasteiger charge is -2.16. The summed E-state index contributed by atoms with van der Waals surface area (Å²) in [4.78, 5) is 5.44. The SMILES string of the molecule is Cc1cnc(C(C)NCC(O)c2ccccc2F)s1. The van der Waals surface area contributed by atoms with Gasteiger partial charge in [0, 0.05) is 23.2 Å². The Hall–Kier alpha value is -1.30. The average molecular weight is 280 g/mol. The molecule has 0 fully saturated rings. The average Bonchev–Trinajstić information content (AvgIpc) is 2.83. The Balaban J connectivity index is 1.94. The molecule has 2 rings (SSSR count). The Morgan fingerprint density at radius 3 is 2.79 bits per heavy atom. The molecule has 0 amide bonds. The van der Waals surface area contributed by atoms with E-state index >= 15 is 0 Å². The maximum Gasteiger partial charge on any atom is 0.129 e. The maximum absolute atomic E-state index is 13.5. The third-order valence-electron chi connectivity index (χ3n) is 2.89. The van der Waals surface area contributed by atoms with Gasteiger partial charge in [0.15, 0.2) is 0 Å². The molecule has 2 unspecified atom stereocenters. The highest BCUT2D eigenvalue weighted by molar-refractivity contribution is 7.11. The van der Waals surface area contributed by atoms with E-state index in [1.165, 1.54) is 6.07 Å². The van der Waals surface area contributed by atoms with Crippen LogP contribution in [0.3, 0.4) is 0 Å². The molecule has 0 bridgehead atoms. The lowest BCUT2D eigenvalue weighted by atomic mass is 10.1. The van der Waals surface area contributed by atoms with Crippen LogP contribution >= 0.6 is 11.3 Å². The fourth-order valence-corrected chi connectivity index (χ4v) is 2.60. The van der Waals surface area contributed by atoms with Gasteiger partial charge in [-0.15, -0.1) is 11.3 Å². The van der Waals surface area contributed by atoms with Crippen molar-refractivity contribution in [1.82, 2.24) is 10.3 Å². The van der Waals surface area contributed by atoms with Gasteiger partial charge in [0.1, 0.15) is 10.8 Å². The molecule has 1 heterocycles. The summed E-state index contributed by atoms with van der Waals surface area (Å²) in [5.74, 6) is -0.380. The zero-order chi connectivity index (χ0) is 13.8. The van der Waals surface area contributed by atoms with E-state index < -0.39 is 6.10 Å². The van der Waals surface area contributed by atoms with Crippen molar-refractivity contribution < 1.29 is 9.50 Å². The smallest absolute Gasteiger partial charge is 0.129 e. The van der Waals surface area contributed by atoms with E-state index in [1.807, 2.05) is 20.0 Å². The number of hydrogen-bond donors (Lipinski definition) is 2. The van der Waals surface area contributed by atoms with Crippen LogP contribution in [0, 0.1) is 12.7 Å². The van der Waals surface area contributed by atoms with Crippen molar-refractivity contribution in [1.29, 1.82) is 0 Å². The minimum atomic E-state index is -0.857. The molecule has 0 aliphatic rings. The standard InChI is InChI=1S/C14H17FN2OS/c1-9-7-17-14(19-9)10(2)16-8-13(18)11-5-3-4-6-12(11)15/h3-7,10,13,16,18H,8H2,1-2H3. The number of aryl methyl sites for hydroxylation is 1. The fourth-order valence-electron chi connectivity index (χ4n) is 1.80. The Kier molecular flexibility index (Phi) is 4.63. The fraction of sp³-hybridized carbons (Fsp3) is 0.357. The number of aromatic nitrogens is 1. The molecule has 2 N–H and O–H groups in total. The van der Waals surface area contributed by atoms with Crippen LogP contribution in [0.15, 0.2) is 30.5 Å². The van der Waals surface area contributed by atoms with E-state index in [0.29, 0.717) is 12.1 Å². The van der Waals surface area contributed by atoms with Gasteiger partial charge in [-0.25, -0.2) is 9.37 Å². The highest BCUT2D eigenvalue weighted by Crippen LogP contribution is 2.21. The highest BCUT2D eigenvalue weighted by atomic mass is 32.1. The van der Waals surface area contributed by atoms with E-state index in [0.717, 1.165) is 9.88 Å². The van der Waals surface area contributed by atoms with E-state index in [9.17, 15) is 9.50 Å². The molecule has 0 aliphatic heterocycles. The number of nitrogens with one attached hydrogen (secondary N) is 1. The predicted octanol–water partition coefficient (Wildman–Crippen LogP) is 2.97. The van der Waals surface area contributed by atoms with Crippen LogP contribution in [-0.4, -0.2) is 16.6 Å². The third kappa shape index (κ3) is 3.59. The summed E-state index contributed by atoms with van der Waals surface area (Å²) in [6.07, 6.45) is 0.968. The van der Waals surface area contributed by atoms with Gasteiger partial charge in [-0.05, 0) is 19.9 Å². The summed E-state index contributed by atoms with van der Waals surface area (Å²) < 4.78 is 13.5. The molecule has 102 valence electrons. The summed E-state index contributed by atoms with van der Waals surface area (Å²) >= 11 is 1.62. The number of rotatable bonds is 5. The van der Waals surface area contributed by atoms with Crippen molar-refractivity contribution in [2.24, 2.45) is 0 Å². The van der Waals surface area contributed by atoms with Crippen molar-refractivity contribution in [3.63, 3.8) is 0 Å². The second-order valence-corrected chi connectivity index (χ2v) is 5.74. The second-order valence-electron chi connectivity index (χ2n) is 4.48. The Morgan fingerprint density at radius 2 is 2.16 bits per heavy atom. The Morgan fingerprint density at radius 1 is 1.42 bits per heavy atom. The lowest BCUT2D eigenvalue weighted by molar-refractivity contribution is 0.166. The number of aliphatic hydroxyl groups excluding tert-OH is 1. The molecule has 5 heteroatoms. The van der Waals surface area contributed by atoms with Crippen molar-refractivity contribution in [3.05, 3.63) is 51.7 Å². The van der Waals surface area contributed by atoms with Crippen LogP contribution in [0.2, 0.25) is 0 Å². The molecule has 19 heavy (non-hydrogen) atoms. The zero-order valence-corrected chi connectivity index (χ0v) is 11.7. The molecule has 0 saturated carbocycles. The molecule has 3 nitrogen and oxygen atoms in total. The molecule has 0 radical (unpaired) electrons. The van der Waals surface area contributed by atoms with Gasteiger partial charge in [0.05, 0.1) is 12.1 Å². The van der Waals surface area contributed by atoms with Gasteiger partial charge in [-0.1, -0.05) is 18.2 Å². The zero-order valence-electron chi connectivity index (χ0n) is 10.9. The van der Waals surface area contributed by atoms with Crippen LogP contribution in [0.1, 0.15) is 34.5 Å². The number of halogens is 1. The summed E-state index contributed by atoms with van der Waals surface area (Å²) in [7, 11) is 0. The first-order chi connectivity index (χ1) is 9.08. The van der Waals surface area contributed by atoms with Crippen molar-refractivity contribution in [3.8, 4) is 0 Å². The summed E-state index contributed by atoms with van der Waals surface area (Å²) in [6.45, 7) is 4.27. The van der Waals surface area contributed by atoms with Crippen LogP contribution < -0.4 is 5.32 Å². The first kappa shape index (κ1) is 14.1. The van der Waals surface area contributed by atoms with Crippen molar-refractivity contribution >= 4 is 11.3 Å². The third-order valence-corrected chi connectivity index (χ3v) is 3.99. The van der Waals surface area contributed by atoms with E-state index in [4.69, 9.17) is 0 Å². The predicted molar refractivity (Wildman–Crippen MR) is 74.6 cm³/mol. The maximum atomic E-state index is 13.5. The largest absolute Gasteiger partial charge is 0.387 e. The van der Waals surface area contributed by atoms with Crippen molar-refractivity contribution in [2.45, 2.75) is 26.0 Å². The molecule has 0 aliphatic carbocycles. The Bertz CT molecular complexity index is 544. The van der Waals surface area contributed by atoms with Crippen molar-refractivity contribution in [2.75, 3.05) is 6.54 Å². The molecule has 2 aromatic rings. The summed E-state index contributed by atoms with van der Waals surface area (Å²) in [5.41, 5.74) is 0.317. The minimum absolute atomic E-state index is 0.0418. The first-order valence-electron chi connectivity index (χ1n) is 6.16.